The Balaban J connectivity index is 1.38. The molecule has 0 spiro atoms. The number of ether oxygens (including phenoxy) is 1. The summed E-state index contributed by atoms with van der Waals surface area (Å²) >= 11 is 1.37. The second-order valence-corrected chi connectivity index (χ2v) is 13.6. The fourth-order valence-electron chi connectivity index (χ4n) is 4.88. The van der Waals surface area contributed by atoms with Crippen LogP contribution < -0.4 is 15.4 Å². The van der Waals surface area contributed by atoms with Gasteiger partial charge >= 0.3 is 5.97 Å². The van der Waals surface area contributed by atoms with Crippen LogP contribution in [0.5, 0.6) is 5.75 Å². The van der Waals surface area contributed by atoms with Gasteiger partial charge in [-0.1, -0.05) is 89.8 Å². The molecular formula is C37H44N4O5S. The van der Waals surface area contributed by atoms with Gasteiger partial charge < -0.3 is 20.5 Å². The molecule has 1 atom stereocenters. The van der Waals surface area contributed by atoms with Crippen LogP contribution >= 0.6 is 11.3 Å². The molecule has 0 radical (unpaired) electrons. The molecule has 0 saturated heterocycles. The predicted molar refractivity (Wildman–Crippen MR) is 186 cm³/mol. The van der Waals surface area contributed by atoms with Crippen LogP contribution in [0.3, 0.4) is 0 Å². The van der Waals surface area contributed by atoms with Crippen molar-refractivity contribution in [2.45, 2.75) is 77.7 Å². The highest BCUT2D eigenvalue weighted by molar-refractivity contribution is 7.14. The number of hydrogen-bond donors (Lipinski definition) is 3. The lowest BCUT2D eigenvalue weighted by Gasteiger charge is -2.18. The summed E-state index contributed by atoms with van der Waals surface area (Å²) in [5, 5.41) is 14.2. The molecule has 2 amide bonds. The van der Waals surface area contributed by atoms with E-state index >= 15 is 0 Å². The number of rotatable bonds is 16. The molecular weight excluding hydrogens is 612 g/mol. The highest BCUT2D eigenvalue weighted by Crippen LogP contribution is 2.29. The monoisotopic (exact) mass is 656 g/mol. The van der Waals surface area contributed by atoms with Crippen LogP contribution in [0.1, 0.15) is 79.9 Å². The van der Waals surface area contributed by atoms with Gasteiger partial charge in [-0.2, -0.15) is 0 Å². The van der Waals surface area contributed by atoms with Crippen molar-refractivity contribution in [1.82, 2.24) is 20.6 Å². The summed E-state index contributed by atoms with van der Waals surface area (Å²) in [4.78, 5) is 47.7. The van der Waals surface area contributed by atoms with E-state index in [1.54, 1.807) is 18.5 Å². The van der Waals surface area contributed by atoms with Crippen LogP contribution in [-0.2, 0) is 21.4 Å². The van der Waals surface area contributed by atoms with E-state index in [0.717, 1.165) is 45.9 Å². The van der Waals surface area contributed by atoms with Crippen LogP contribution in [0, 0.1) is 0 Å². The zero-order valence-corrected chi connectivity index (χ0v) is 28.4. The molecule has 0 fully saturated rings. The van der Waals surface area contributed by atoms with E-state index in [1.807, 2.05) is 54.6 Å². The second kappa shape index (κ2) is 16.8. The highest BCUT2D eigenvalue weighted by Gasteiger charge is 2.25. The molecule has 0 aliphatic heterocycles. The smallest absolute Gasteiger partial charge is 0.322 e. The van der Waals surface area contributed by atoms with E-state index in [0.29, 0.717) is 10.7 Å². The SMILES string of the molecule is CCCCCCCOc1ccc(-c2cnc(-c3ccc(C[C@@H](NC(=O)c4ccc(C(C)(C)C)s4)C(=O)NCC(=O)O)cc3)nc2)cc1. The van der Waals surface area contributed by atoms with Gasteiger partial charge in [0.05, 0.1) is 11.5 Å². The van der Waals surface area contributed by atoms with E-state index in [9.17, 15) is 14.4 Å². The maximum Gasteiger partial charge on any atom is 0.322 e. The molecule has 9 nitrogen and oxygen atoms in total. The number of nitrogens with one attached hydrogen (secondary N) is 2. The number of unbranched alkanes of at least 4 members (excludes halogenated alkanes) is 4. The Morgan fingerprint density at radius 1 is 0.851 bits per heavy atom. The normalized spacial score (nSPS) is 11.9. The number of thiophene rings is 1. The quantitative estimate of drug-likeness (QED) is 0.110. The first-order chi connectivity index (χ1) is 22.5. The first-order valence-electron chi connectivity index (χ1n) is 16.1. The average Bonchev–Trinajstić information content (AvgIpc) is 3.58. The van der Waals surface area contributed by atoms with Gasteiger partial charge in [0.1, 0.15) is 18.3 Å². The van der Waals surface area contributed by atoms with Gasteiger partial charge in [-0.15, -0.1) is 11.3 Å². The lowest BCUT2D eigenvalue weighted by Crippen LogP contribution is -2.49. The third-order valence-electron chi connectivity index (χ3n) is 7.61. The van der Waals surface area contributed by atoms with E-state index < -0.39 is 24.5 Å². The maximum atomic E-state index is 13.1. The average molecular weight is 657 g/mol. The van der Waals surface area contributed by atoms with Gasteiger partial charge in [0.15, 0.2) is 5.82 Å². The van der Waals surface area contributed by atoms with Crippen molar-refractivity contribution in [2.24, 2.45) is 0 Å². The first-order valence-corrected chi connectivity index (χ1v) is 16.9. The van der Waals surface area contributed by atoms with E-state index in [4.69, 9.17) is 9.84 Å². The maximum absolute atomic E-state index is 13.1. The van der Waals surface area contributed by atoms with Crippen LogP contribution in [0.4, 0.5) is 0 Å². The Morgan fingerprint density at radius 2 is 1.51 bits per heavy atom. The number of benzene rings is 2. The molecule has 0 bridgehead atoms. The standard InChI is InChI=1S/C37H44N4O5S/c1-5-6-7-8-9-20-46-29-16-14-26(15-17-29)28-22-38-34(39-23-28)27-12-10-25(11-13-27)21-30(35(44)40-24-33(42)43)41-36(45)31-18-19-32(47-31)37(2,3)4/h10-19,22-23,30H,5-9,20-21,24H2,1-4H3,(H,40,44)(H,41,45)(H,42,43)/t30-/m1/s1. The van der Waals surface area contributed by atoms with Crippen LogP contribution in [0.25, 0.3) is 22.5 Å². The molecule has 2 aromatic carbocycles. The van der Waals surface area contributed by atoms with Crippen molar-refractivity contribution in [2.75, 3.05) is 13.2 Å². The second-order valence-electron chi connectivity index (χ2n) is 12.5. The number of carboxylic acids is 1. The zero-order chi connectivity index (χ0) is 33.8. The minimum Gasteiger partial charge on any atom is -0.494 e. The van der Waals surface area contributed by atoms with Crippen molar-refractivity contribution in [3.8, 4) is 28.3 Å². The molecule has 10 heteroatoms. The highest BCUT2D eigenvalue weighted by atomic mass is 32.1. The molecule has 2 heterocycles. The van der Waals surface area contributed by atoms with Crippen molar-refractivity contribution in [3.63, 3.8) is 0 Å². The van der Waals surface area contributed by atoms with Crippen LogP contribution in [0.2, 0.25) is 0 Å². The van der Waals surface area contributed by atoms with Crippen LogP contribution in [0.15, 0.2) is 73.1 Å². The topological polar surface area (TPSA) is 131 Å². The largest absolute Gasteiger partial charge is 0.494 e. The van der Waals surface area contributed by atoms with Gasteiger partial charge in [-0.25, -0.2) is 9.97 Å². The third kappa shape index (κ3) is 10.7. The van der Waals surface area contributed by atoms with Crippen molar-refractivity contribution >= 4 is 29.1 Å². The summed E-state index contributed by atoms with van der Waals surface area (Å²) in [5.41, 5.74) is 3.36. The number of carboxylic acid groups (broad SMARTS) is 1. The van der Waals surface area contributed by atoms with Crippen molar-refractivity contribution < 1.29 is 24.2 Å². The zero-order valence-electron chi connectivity index (χ0n) is 27.5. The molecule has 0 unspecified atom stereocenters. The third-order valence-corrected chi connectivity index (χ3v) is 9.12. The molecule has 0 saturated carbocycles. The molecule has 0 aliphatic rings. The Labute approximate surface area is 280 Å². The van der Waals surface area contributed by atoms with Gasteiger partial charge in [0.25, 0.3) is 5.91 Å². The number of nitrogens with zero attached hydrogens (tertiary/aromatic N) is 2. The number of amides is 2. The number of aromatic nitrogens is 2. The Morgan fingerprint density at radius 3 is 2.13 bits per heavy atom. The molecule has 2 aromatic heterocycles. The summed E-state index contributed by atoms with van der Waals surface area (Å²) in [7, 11) is 0. The van der Waals surface area contributed by atoms with E-state index in [-0.39, 0.29) is 17.7 Å². The number of carbonyl (C=O) groups is 3. The lowest BCUT2D eigenvalue weighted by molar-refractivity contribution is -0.138. The summed E-state index contributed by atoms with van der Waals surface area (Å²) in [5.74, 6) is -0.713. The van der Waals surface area contributed by atoms with Gasteiger partial charge in [0.2, 0.25) is 5.91 Å². The molecule has 0 aliphatic carbocycles. The molecule has 4 aromatic rings. The fourth-order valence-corrected chi connectivity index (χ4v) is 5.85. The Bertz CT molecular complexity index is 1610. The van der Waals surface area contributed by atoms with Gasteiger partial charge in [0, 0.05) is 34.8 Å². The van der Waals surface area contributed by atoms with Crippen LogP contribution in [-0.4, -0.2) is 52.1 Å². The summed E-state index contributed by atoms with van der Waals surface area (Å²) in [6.07, 6.45) is 9.76. The fraction of sp³-hybridized carbons (Fsp3) is 0.378. The summed E-state index contributed by atoms with van der Waals surface area (Å²) in [6.45, 7) is 8.59. The molecule has 248 valence electrons. The lowest BCUT2D eigenvalue weighted by atomic mass is 9.95. The number of carbonyl (C=O) groups excluding carboxylic acids is 2. The molecule has 47 heavy (non-hydrogen) atoms. The Hall–Kier alpha value is -4.57. The molecule has 4 rings (SSSR count). The minimum absolute atomic E-state index is 0.110. The predicted octanol–water partition coefficient (Wildman–Crippen LogP) is 7.06. The number of hydrogen-bond acceptors (Lipinski definition) is 7. The number of aliphatic carboxylic acids is 1. The minimum atomic E-state index is -1.17. The first kappa shape index (κ1) is 35.3. The van der Waals surface area contributed by atoms with Gasteiger partial charge in [-0.3, -0.25) is 14.4 Å². The van der Waals surface area contributed by atoms with E-state index in [1.165, 1.54) is 37.0 Å². The Kier molecular flexibility index (Phi) is 12.6. The summed E-state index contributed by atoms with van der Waals surface area (Å²) in [6, 6.07) is 18.1. The van der Waals surface area contributed by atoms with Crippen molar-refractivity contribution in [3.05, 3.63) is 88.4 Å². The molecule has 3 N–H and O–H groups in total. The van der Waals surface area contributed by atoms with Gasteiger partial charge in [-0.05, 0) is 47.2 Å². The summed E-state index contributed by atoms with van der Waals surface area (Å²) < 4.78 is 5.88. The van der Waals surface area contributed by atoms with Crippen molar-refractivity contribution in [1.29, 1.82) is 0 Å². The van der Waals surface area contributed by atoms with E-state index in [2.05, 4.69) is 48.3 Å².